The number of nitrogens with one attached hydrogen (secondary N) is 1. The van der Waals surface area contributed by atoms with Crippen LogP contribution in [0.5, 0.6) is 0 Å². The average Bonchev–Trinajstić information content (AvgIpc) is 2.93. The molecular formula is C13H15N3O4. The zero-order chi connectivity index (χ0) is 14.4. The summed E-state index contributed by atoms with van der Waals surface area (Å²) in [5, 5.41) is 15.3. The molecule has 0 atom stereocenters. The zero-order valence-electron chi connectivity index (χ0n) is 10.8. The van der Waals surface area contributed by atoms with Gasteiger partial charge in [0, 0.05) is 0 Å². The van der Waals surface area contributed by atoms with Crippen molar-refractivity contribution in [2.75, 3.05) is 5.32 Å². The van der Waals surface area contributed by atoms with Crippen molar-refractivity contribution in [1.29, 1.82) is 0 Å². The summed E-state index contributed by atoms with van der Waals surface area (Å²) in [7, 11) is 0. The first-order chi connectivity index (χ1) is 9.70. The lowest BCUT2D eigenvalue weighted by Gasteiger charge is -2.08. The molecule has 1 aliphatic rings. The van der Waals surface area contributed by atoms with Crippen LogP contribution in [0.4, 0.5) is 5.82 Å². The maximum absolute atomic E-state index is 11.2. The van der Waals surface area contributed by atoms with Gasteiger partial charge in [-0.05, 0) is 37.8 Å². The summed E-state index contributed by atoms with van der Waals surface area (Å²) in [6, 6.07) is 4.64. The van der Waals surface area contributed by atoms with Gasteiger partial charge in [0.1, 0.15) is 17.6 Å². The van der Waals surface area contributed by atoms with E-state index in [1.165, 1.54) is 6.07 Å². The largest absolute Gasteiger partial charge is 0.476 e. The van der Waals surface area contributed by atoms with Gasteiger partial charge < -0.3 is 15.3 Å². The van der Waals surface area contributed by atoms with Gasteiger partial charge in [-0.25, -0.2) is 9.78 Å². The van der Waals surface area contributed by atoms with E-state index in [1.807, 2.05) is 0 Å². The highest BCUT2D eigenvalue weighted by atomic mass is 16.6. The van der Waals surface area contributed by atoms with Crippen molar-refractivity contribution in [2.45, 2.75) is 31.8 Å². The van der Waals surface area contributed by atoms with E-state index in [9.17, 15) is 14.7 Å². The summed E-state index contributed by atoms with van der Waals surface area (Å²) >= 11 is 0. The third-order valence-corrected chi connectivity index (χ3v) is 3.00. The van der Waals surface area contributed by atoms with Crippen molar-refractivity contribution in [1.82, 2.24) is 4.98 Å². The second-order valence-corrected chi connectivity index (χ2v) is 4.43. The molecule has 0 radical (unpaired) electrons. The second kappa shape index (κ2) is 6.65. The fourth-order valence-electron chi connectivity index (χ4n) is 2.02. The molecule has 0 saturated heterocycles. The maximum Gasteiger partial charge on any atom is 0.360 e. The molecule has 20 heavy (non-hydrogen) atoms. The lowest BCUT2D eigenvalue weighted by atomic mass is 10.2. The Hall–Kier alpha value is -2.44. The second-order valence-electron chi connectivity index (χ2n) is 4.43. The minimum Gasteiger partial charge on any atom is -0.476 e. The molecule has 7 nitrogen and oxygen atoms in total. The van der Waals surface area contributed by atoms with Gasteiger partial charge in [0.15, 0.2) is 0 Å². The van der Waals surface area contributed by atoms with E-state index in [1.54, 1.807) is 12.1 Å². The number of nitrogens with zero attached hydrogens (tertiary/aromatic N) is 2. The Balaban J connectivity index is 2.18. The summed E-state index contributed by atoms with van der Waals surface area (Å²) < 4.78 is 0. The van der Waals surface area contributed by atoms with Gasteiger partial charge in [-0.1, -0.05) is 11.2 Å². The third kappa shape index (κ3) is 3.53. The van der Waals surface area contributed by atoms with Gasteiger partial charge in [-0.3, -0.25) is 4.79 Å². The van der Waals surface area contributed by atoms with E-state index in [-0.39, 0.29) is 23.3 Å². The van der Waals surface area contributed by atoms with Gasteiger partial charge in [0.05, 0.1) is 0 Å². The molecule has 1 amide bonds. The minimum atomic E-state index is -1.22. The summed E-state index contributed by atoms with van der Waals surface area (Å²) in [5.74, 6) is -0.967. The van der Waals surface area contributed by atoms with Crippen LogP contribution in [0.2, 0.25) is 0 Å². The number of hydrogen-bond acceptors (Lipinski definition) is 5. The molecule has 1 heterocycles. The number of carboxylic acid groups (broad SMARTS) is 1. The van der Waals surface area contributed by atoms with Crippen molar-refractivity contribution in [3.63, 3.8) is 0 Å². The quantitative estimate of drug-likeness (QED) is 0.465. The smallest absolute Gasteiger partial charge is 0.360 e. The van der Waals surface area contributed by atoms with E-state index in [0.717, 1.165) is 25.7 Å². The highest BCUT2D eigenvalue weighted by Crippen LogP contribution is 2.21. The Kier molecular flexibility index (Phi) is 4.65. The lowest BCUT2D eigenvalue weighted by Crippen LogP contribution is -2.18. The molecule has 1 aromatic heterocycles. The van der Waals surface area contributed by atoms with Gasteiger partial charge in [0.2, 0.25) is 12.1 Å². The number of hydrogen-bond donors (Lipinski definition) is 2. The Morgan fingerprint density at radius 2 is 2.20 bits per heavy atom. The molecule has 1 aromatic rings. The van der Waals surface area contributed by atoms with E-state index in [2.05, 4.69) is 15.5 Å². The standard InChI is InChI=1S/C13H15N3O4/c17-8-14-11-7-3-6-10(15-11)12(13(18)19)16-20-9-4-1-2-5-9/h3,6-9H,1-2,4-5H2,(H,18,19)(H,14,15,17). The predicted octanol–water partition coefficient (Wildman–Crippen LogP) is 1.40. The Morgan fingerprint density at radius 1 is 1.45 bits per heavy atom. The van der Waals surface area contributed by atoms with Gasteiger partial charge in [0.25, 0.3) is 0 Å². The summed E-state index contributed by atoms with van der Waals surface area (Å²) in [6.45, 7) is 0. The number of carbonyl (C=O) groups excluding carboxylic acids is 1. The molecule has 1 aliphatic carbocycles. The van der Waals surface area contributed by atoms with Crippen molar-refractivity contribution >= 4 is 23.9 Å². The van der Waals surface area contributed by atoms with Crippen LogP contribution in [0.25, 0.3) is 0 Å². The topological polar surface area (TPSA) is 101 Å². The predicted molar refractivity (Wildman–Crippen MR) is 71.4 cm³/mol. The molecule has 1 fully saturated rings. The fourth-order valence-corrected chi connectivity index (χ4v) is 2.02. The molecule has 1 saturated carbocycles. The number of rotatable bonds is 6. The van der Waals surface area contributed by atoms with Crippen LogP contribution in [0.15, 0.2) is 23.4 Å². The van der Waals surface area contributed by atoms with Gasteiger partial charge >= 0.3 is 5.97 Å². The molecular weight excluding hydrogens is 262 g/mol. The van der Waals surface area contributed by atoms with Crippen molar-refractivity contribution < 1.29 is 19.5 Å². The average molecular weight is 277 g/mol. The number of pyridine rings is 1. The monoisotopic (exact) mass is 277 g/mol. The number of aromatic nitrogens is 1. The maximum atomic E-state index is 11.2. The van der Waals surface area contributed by atoms with Gasteiger partial charge in [-0.2, -0.15) is 0 Å². The van der Waals surface area contributed by atoms with Crippen LogP contribution in [0.3, 0.4) is 0 Å². The normalized spacial score (nSPS) is 15.9. The first kappa shape index (κ1) is 14.0. The Morgan fingerprint density at radius 3 is 2.85 bits per heavy atom. The van der Waals surface area contributed by atoms with Crippen LogP contribution in [0, 0.1) is 0 Å². The van der Waals surface area contributed by atoms with E-state index in [0.29, 0.717) is 6.41 Å². The van der Waals surface area contributed by atoms with Crippen LogP contribution in [0.1, 0.15) is 31.4 Å². The molecule has 106 valence electrons. The number of oxime groups is 1. The Labute approximate surface area is 115 Å². The molecule has 0 aromatic carbocycles. The first-order valence-electron chi connectivity index (χ1n) is 6.35. The number of carboxylic acids is 1. The summed E-state index contributed by atoms with van der Waals surface area (Å²) in [6.07, 6.45) is 4.35. The molecule has 7 heteroatoms. The van der Waals surface area contributed by atoms with Crippen LogP contribution in [-0.4, -0.2) is 34.3 Å². The number of amides is 1. The molecule has 2 rings (SSSR count). The van der Waals surface area contributed by atoms with Crippen molar-refractivity contribution in [2.24, 2.45) is 5.16 Å². The highest BCUT2D eigenvalue weighted by Gasteiger charge is 2.20. The van der Waals surface area contributed by atoms with Crippen molar-refractivity contribution in [3.05, 3.63) is 23.9 Å². The summed E-state index contributed by atoms with van der Waals surface area (Å²) in [5.41, 5.74) is -0.131. The molecule has 2 N–H and O–H groups in total. The zero-order valence-corrected chi connectivity index (χ0v) is 10.8. The molecule has 0 bridgehead atoms. The van der Waals surface area contributed by atoms with Gasteiger partial charge in [-0.15, -0.1) is 0 Å². The van der Waals surface area contributed by atoms with Crippen molar-refractivity contribution in [3.8, 4) is 0 Å². The van der Waals surface area contributed by atoms with E-state index < -0.39 is 5.97 Å². The number of anilines is 1. The fraction of sp³-hybridized carbons (Fsp3) is 0.385. The molecule has 0 spiro atoms. The number of carbonyl (C=O) groups is 2. The molecule has 0 aliphatic heterocycles. The number of aliphatic carboxylic acids is 1. The third-order valence-electron chi connectivity index (χ3n) is 3.00. The minimum absolute atomic E-state index is 0.0272. The highest BCUT2D eigenvalue weighted by molar-refractivity contribution is 6.41. The lowest BCUT2D eigenvalue weighted by molar-refractivity contribution is -0.129. The van der Waals surface area contributed by atoms with Crippen LogP contribution >= 0.6 is 0 Å². The summed E-state index contributed by atoms with van der Waals surface area (Å²) in [4.78, 5) is 30.9. The van der Waals surface area contributed by atoms with Crippen LogP contribution in [-0.2, 0) is 14.4 Å². The first-order valence-corrected chi connectivity index (χ1v) is 6.35. The van der Waals surface area contributed by atoms with E-state index in [4.69, 9.17) is 4.84 Å². The Bertz CT molecular complexity index is 524. The van der Waals surface area contributed by atoms with Crippen LogP contribution < -0.4 is 5.32 Å². The SMILES string of the molecule is O=CNc1cccc(C(=NOC2CCCC2)C(=O)O)n1. The van der Waals surface area contributed by atoms with E-state index >= 15 is 0 Å². The molecule has 0 unspecified atom stereocenters.